The number of hydrogen-bond acceptors (Lipinski definition) is 3. The molecule has 100 valence electrons. The number of hydrogen-bond donors (Lipinski definition) is 1. The molecule has 1 aromatic carbocycles. The lowest BCUT2D eigenvalue weighted by molar-refractivity contribution is 0.494. The van der Waals surface area contributed by atoms with Crippen molar-refractivity contribution in [1.82, 2.24) is 0 Å². The zero-order chi connectivity index (χ0) is 13.4. The van der Waals surface area contributed by atoms with Gasteiger partial charge in [-0.3, -0.25) is 0 Å². The largest absolute Gasteiger partial charge is 0.380 e. The summed E-state index contributed by atoms with van der Waals surface area (Å²) in [5, 5.41) is 3.48. The Morgan fingerprint density at radius 2 is 1.78 bits per heavy atom. The van der Waals surface area contributed by atoms with Crippen LogP contribution in [-0.4, -0.2) is 19.7 Å². The van der Waals surface area contributed by atoms with E-state index in [1.807, 2.05) is 12.1 Å². The molecule has 1 saturated carbocycles. The van der Waals surface area contributed by atoms with Gasteiger partial charge in [-0.1, -0.05) is 6.92 Å². The lowest BCUT2D eigenvalue weighted by Crippen LogP contribution is -2.33. The average Bonchev–Trinajstić information content (AvgIpc) is 3.13. The third-order valence-electron chi connectivity index (χ3n) is 3.66. The molecule has 1 aliphatic rings. The van der Waals surface area contributed by atoms with Crippen molar-refractivity contribution in [1.29, 1.82) is 0 Å². The second-order valence-corrected chi connectivity index (χ2v) is 7.83. The molecule has 0 aromatic heterocycles. The van der Waals surface area contributed by atoms with E-state index in [4.69, 9.17) is 0 Å². The van der Waals surface area contributed by atoms with Gasteiger partial charge in [-0.05, 0) is 56.9 Å². The van der Waals surface area contributed by atoms with Crippen molar-refractivity contribution < 1.29 is 8.42 Å². The molecule has 18 heavy (non-hydrogen) atoms. The molecule has 1 aliphatic carbocycles. The van der Waals surface area contributed by atoms with Gasteiger partial charge in [-0.15, -0.1) is 0 Å². The van der Waals surface area contributed by atoms with Gasteiger partial charge in [0.15, 0.2) is 9.84 Å². The summed E-state index contributed by atoms with van der Waals surface area (Å²) < 4.78 is 23.4. The standard InChI is InChI=1S/C14H21NO2S/c1-4-18(16,17)13-9-7-12(8-10-13)15-14(2,3)11-5-6-11/h7-11,15H,4-6H2,1-3H3. The highest BCUT2D eigenvalue weighted by molar-refractivity contribution is 7.91. The van der Waals surface area contributed by atoms with Crippen LogP contribution in [0.2, 0.25) is 0 Å². The zero-order valence-corrected chi connectivity index (χ0v) is 12.0. The summed E-state index contributed by atoms with van der Waals surface area (Å²) in [6.45, 7) is 6.06. The predicted molar refractivity (Wildman–Crippen MR) is 74.6 cm³/mol. The van der Waals surface area contributed by atoms with E-state index in [0.29, 0.717) is 4.90 Å². The molecule has 0 unspecified atom stereocenters. The molecule has 0 heterocycles. The Morgan fingerprint density at radius 1 is 1.22 bits per heavy atom. The van der Waals surface area contributed by atoms with Gasteiger partial charge < -0.3 is 5.32 Å². The molecule has 1 fully saturated rings. The van der Waals surface area contributed by atoms with Crippen molar-refractivity contribution in [2.24, 2.45) is 5.92 Å². The molecule has 2 rings (SSSR count). The Morgan fingerprint density at radius 3 is 2.22 bits per heavy atom. The topological polar surface area (TPSA) is 46.2 Å². The minimum atomic E-state index is -3.09. The van der Waals surface area contributed by atoms with E-state index in [1.165, 1.54) is 12.8 Å². The Kier molecular flexibility index (Phi) is 3.41. The van der Waals surface area contributed by atoms with Crippen molar-refractivity contribution >= 4 is 15.5 Å². The molecular formula is C14H21NO2S. The van der Waals surface area contributed by atoms with Crippen LogP contribution in [0.15, 0.2) is 29.2 Å². The number of nitrogens with one attached hydrogen (secondary N) is 1. The van der Waals surface area contributed by atoms with Gasteiger partial charge in [0.25, 0.3) is 0 Å². The lowest BCUT2D eigenvalue weighted by atomic mass is 9.98. The van der Waals surface area contributed by atoms with Crippen molar-refractivity contribution in [2.75, 3.05) is 11.1 Å². The molecule has 0 aliphatic heterocycles. The van der Waals surface area contributed by atoms with Gasteiger partial charge in [0.1, 0.15) is 0 Å². The van der Waals surface area contributed by atoms with Gasteiger partial charge >= 0.3 is 0 Å². The quantitative estimate of drug-likeness (QED) is 0.891. The van der Waals surface area contributed by atoms with Crippen LogP contribution in [-0.2, 0) is 9.84 Å². The predicted octanol–water partition coefficient (Wildman–Crippen LogP) is 3.08. The van der Waals surface area contributed by atoms with Gasteiger partial charge in [0.05, 0.1) is 10.6 Å². The van der Waals surface area contributed by atoms with E-state index in [1.54, 1.807) is 19.1 Å². The Labute approximate surface area is 110 Å². The first-order valence-corrected chi connectivity index (χ1v) is 8.11. The summed E-state index contributed by atoms with van der Waals surface area (Å²) in [4.78, 5) is 0.403. The van der Waals surface area contributed by atoms with Crippen LogP contribution in [0.5, 0.6) is 0 Å². The van der Waals surface area contributed by atoms with E-state index < -0.39 is 9.84 Å². The third kappa shape index (κ3) is 2.86. The van der Waals surface area contributed by atoms with E-state index in [0.717, 1.165) is 11.6 Å². The zero-order valence-electron chi connectivity index (χ0n) is 11.2. The first kappa shape index (κ1) is 13.4. The van der Waals surface area contributed by atoms with Crippen LogP contribution in [0.1, 0.15) is 33.6 Å². The fraction of sp³-hybridized carbons (Fsp3) is 0.571. The highest BCUT2D eigenvalue weighted by Gasteiger charge is 2.37. The maximum Gasteiger partial charge on any atom is 0.178 e. The van der Waals surface area contributed by atoms with Crippen LogP contribution in [0, 0.1) is 5.92 Å². The molecule has 0 spiro atoms. The van der Waals surface area contributed by atoms with Crippen LogP contribution in [0.4, 0.5) is 5.69 Å². The first-order chi connectivity index (χ1) is 8.35. The molecule has 4 heteroatoms. The molecule has 0 bridgehead atoms. The fourth-order valence-corrected chi connectivity index (χ4v) is 3.08. The number of benzene rings is 1. The van der Waals surface area contributed by atoms with Crippen molar-refractivity contribution in [2.45, 2.75) is 44.0 Å². The lowest BCUT2D eigenvalue weighted by Gasteiger charge is -2.27. The van der Waals surface area contributed by atoms with Gasteiger partial charge in [-0.25, -0.2) is 8.42 Å². The van der Waals surface area contributed by atoms with Crippen molar-refractivity contribution in [3.05, 3.63) is 24.3 Å². The summed E-state index contributed by atoms with van der Waals surface area (Å²) in [6, 6.07) is 7.08. The van der Waals surface area contributed by atoms with Gasteiger partial charge in [0, 0.05) is 11.2 Å². The summed E-state index contributed by atoms with van der Waals surface area (Å²) >= 11 is 0. The highest BCUT2D eigenvalue weighted by atomic mass is 32.2. The summed E-state index contributed by atoms with van der Waals surface area (Å²) in [5.41, 5.74) is 1.08. The molecular weight excluding hydrogens is 246 g/mol. The maximum absolute atomic E-state index is 11.7. The third-order valence-corrected chi connectivity index (χ3v) is 5.41. The Hall–Kier alpha value is -1.03. The van der Waals surface area contributed by atoms with E-state index in [9.17, 15) is 8.42 Å². The second kappa shape index (κ2) is 4.57. The monoisotopic (exact) mass is 267 g/mol. The molecule has 1 aromatic rings. The highest BCUT2D eigenvalue weighted by Crippen LogP contribution is 2.41. The molecule has 0 saturated heterocycles. The van der Waals surface area contributed by atoms with E-state index in [-0.39, 0.29) is 11.3 Å². The molecule has 1 N–H and O–H groups in total. The Bertz CT molecular complexity index is 513. The van der Waals surface area contributed by atoms with Crippen LogP contribution in [0.25, 0.3) is 0 Å². The van der Waals surface area contributed by atoms with Crippen molar-refractivity contribution in [3.63, 3.8) is 0 Å². The molecule has 0 amide bonds. The summed E-state index contributed by atoms with van der Waals surface area (Å²) in [5.74, 6) is 0.879. The van der Waals surface area contributed by atoms with Crippen LogP contribution >= 0.6 is 0 Å². The Balaban J connectivity index is 2.13. The minimum Gasteiger partial charge on any atom is -0.380 e. The number of anilines is 1. The van der Waals surface area contributed by atoms with E-state index in [2.05, 4.69) is 19.2 Å². The van der Waals surface area contributed by atoms with Crippen LogP contribution < -0.4 is 5.32 Å². The maximum atomic E-state index is 11.7. The van der Waals surface area contributed by atoms with Crippen molar-refractivity contribution in [3.8, 4) is 0 Å². The fourth-order valence-electron chi connectivity index (χ4n) is 2.19. The first-order valence-electron chi connectivity index (χ1n) is 6.46. The minimum absolute atomic E-state index is 0.0884. The van der Waals surface area contributed by atoms with E-state index >= 15 is 0 Å². The van der Waals surface area contributed by atoms with Gasteiger partial charge in [0.2, 0.25) is 0 Å². The summed E-state index contributed by atoms with van der Waals surface area (Å²) in [7, 11) is -3.09. The molecule has 0 atom stereocenters. The SMILES string of the molecule is CCS(=O)(=O)c1ccc(NC(C)(C)C2CC2)cc1. The number of sulfone groups is 1. The van der Waals surface area contributed by atoms with Gasteiger partial charge in [-0.2, -0.15) is 0 Å². The number of rotatable bonds is 5. The smallest absolute Gasteiger partial charge is 0.178 e. The molecule has 0 radical (unpaired) electrons. The second-order valence-electron chi connectivity index (χ2n) is 5.55. The summed E-state index contributed by atoms with van der Waals surface area (Å²) in [6.07, 6.45) is 2.56. The average molecular weight is 267 g/mol. The van der Waals surface area contributed by atoms with Crippen LogP contribution in [0.3, 0.4) is 0 Å². The molecule has 3 nitrogen and oxygen atoms in total. The normalized spacial score (nSPS) is 16.6.